The first-order chi connectivity index (χ1) is 12.4. The Morgan fingerprint density at radius 1 is 1.08 bits per heavy atom. The van der Waals surface area contributed by atoms with Gasteiger partial charge in [0.2, 0.25) is 0 Å². The van der Waals surface area contributed by atoms with Crippen molar-refractivity contribution in [2.75, 3.05) is 0 Å². The van der Waals surface area contributed by atoms with Crippen molar-refractivity contribution < 1.29 is 22.6 Å². The van der Waals surface area contributed by atoms with Gasteiger partial charge in [-0.05, 0) is 17.7 Å². The standard InChI is InChI=1S/C17H11F3N4O2/c18-17(19,20)26-14-7-12(16-15(9-21)22-24-23-16)6-13(8-14)25-10-11-4-2-1-3-5-11/h1-8H,10H2,(H,22,23,24). The summed E-state index contributed by atoms with van der Waals surface area (Å²) in [4.78, 5) is 0. The Morgan fingerprint density at radius 2 is 1.81 bits per heavy atom. The highest BCUT2D eigenvalue weighted by Gasteiger charge is 2.31. The van der Waals surface area contributed by atoms with Gasteiger partial charge in [0.25, 0.3) is 0 Å². The van der Waals surface area contributed by atoms with E-state index in [2.05, 4.69) is 20.1 Å². The maximum Gasteiger partial charge on any atom is 0.573 e. The van der Waals surface area contributed by atoms with Gasteiger partial charge in [-0.15, -0.1) is 18.3 Å². The van der Waals surface area contributed by atoms with E-state index in [1.807, 2.05) is 36.4 Å². The molecule has 132 valence electrons. The molecule has 0 aliphatic heterocycles. The second-order valence-corrected chi connectivity index (χ2v) is 5.16. The number of aromatic amines is 1. The highest BCUT2D eigenvalue weighted by molar-refractivity contribution is 5.67. The van der Waals surface area contributed by atoms with Crippen molar-refractivity contribution in [3.8, 4) is 28.8 Å². The van der Waals surface area contributed by atoms with E-state index in [0.717, 1.165) is 17.7 Å². The summed E-state index contributed by atoms with van der Waals surface area (Å²) in [6.45, 7) is 0.152. The topological polar surface area (TPSA) is 83.8 Å². The first-order valence-electron chi connectivity index (χ1n) is 7.34. The van der Waals surface area contributed by atoms with Crippen LogP contribution < -0.4 is 9.47 Å². The van der Waals surface area contributed by atoms with Crippen molar-refractivity contribution in [3.63, 3.8) is 0 Å². The SMILES string of the molecule is N#Cc1[nH]nnc1-c1cc(OCc2ccccc2)cc(OC(F)(F)F)c1. The quantitative estimate of drug-likeness (QED) is 0.748. The predicted molar refractivity (Wildman–Crippen MR) is 84.0 cm³/mol. The van der Waals surface area contributed by atoms with Crippen LogP contribution in [0.5, 0.6) is 11.5 Å². The third-order valence-electron chi connectivity index (χ3n) is 3.30. The first-order valence-corrected chi connectivity index (χ1v) is 7.34. The van der Waals surface area contributed by atoms with Gasteiger partial charge in [-0.25, -0.2) is 5.10 Å². The molecule has 0 saturated heterocycles. The number of hydrogen-bond donors (Lipinski definition) is 1. The smallest absolute Gasteiger partial charge is 0.489 e. The molecule has 2 aromatic carbocycles. The Balaban J connectivity index is 1.94. The molecule has 0 aliphatic rings. The van der Waals surface area contributed by atoms with Crippen LogP contribution in [0.2, 0.25) is 0 Å². The molecule has 1 aromatic heterocycles. The summed E-state index contributed by atoms with van der Waals surface area (Å²) in [6.07, 6.45) is -4.86. The average Bonchev–Trinajstić information content (AvgIpc) is 3.08. The number of benzene rings is 2. The fraction of sp³-hybridized carbons (Fsp3) is 0.118. The van der Waals surface area contributed by atoms with Crippen molar-refractivity contribution in [2.24, 2.45) is 0 Å². The minimum Gasteiger partial charge on any atom is -0.489 e. The number of H-pyrrole nitrogens is 1. The summed E-state index contributed by atoms with van der Waals surface area (Å²) in [5.41, 5.74) is 1.17. The Bertz CT molecular complexity index is 933. The van der Waals surface area contributed by atoms with E-state index in [1.54, 1.807) is 0 Å². The van der Waals surface area contributed by atoms with E-state index in [-0.39, 0.29) is 29.3 Å². The van der Waals surface area contributed by atoms with Crippen molar-refractivity contribution in [1.29, 1.82) is 5.26 Å². The van der Waals surface area contributed by atoms with Crippen LogP contribution in [0.3, 0.4) is 0 Å². The average molecular weight is 360 g/mol. The van der Waals surface area contributed by atoms with Gasteiger partial charge in [0.05, 0.1) is 0 Å². The van der Waals surface area contributed by atoms with Gasteiger partial charge in [-0.3, -0.25) is 0 Å². The minimum atomic E-state index is -4.86. The third kappa shape index (κ3) is 4.30. The molecular weight excluding hydrogens is 349 g/mol. The maximum atomic E-state index is 12.6. The number of aromatic nitrogens is 3. The van der Waals surface area contributed by atoms with Gasteiger partial charge < -0.3 is 9.47 Å². The van der Waals surface area contributed by atoms with E-state index in [0.29, 0.717) is 0 Å². The summed E-state index contributed by atoms with van der Waals surface area (Å²) in [5.74, 6) is -0.345. The van der Waals surface area contributed by atoms with Crippen molar-refractivity contribution in [2.45, 2.75) is 13.0 Å². The van der Waals surface area contributed by atoms with E-state index < -0.39 is 12.1 Å². The largest absolute Gasteiger partial charge is 0.573 e. The summed E-state index contributed by atoms with van der Waals surface area (Å²) >= 11 is 0. The maximum absolute atomic E-state index is 12.6. The molecule has 0 unspecified atom stereocenters. The van der Waals surface area contributed by atoms with Crippen molar-refractivity contribution in [1.82, 2.24) is 15.4 Å². The monoisotopic (exact) mass is 360 g/mol. The van der Waals surface area contributed by atoms with Crippen LogP contribution >= 0.6 is 0 Å². The molecule has 3 rings (SSSR count). The minimum absolute atomic E-state index is 0.0168. The fourth-order valence-corrected chi connectivity index (χ4v) is 2.23. The summed E-state index contributed by atoms with van der Waals surface area (Å²) in [6, 6.07) is 14.7. The molecule has 0 atom stereocenters. The number of nitriles is 1. The summed E-state index contributed by atoms with van der Waals surface area (Å²) in [5, 5.41) is 18.6. The van der Waals surface area contributed by atoms with Gasteiger partial charge in [-0.2, -0.15) is 5.26 Å². The molecule has 0 aliphatic carbocycles. The van der Waals surface area contributed by atoms with Gasteiger partial charge in [0.1, 0.15) is 29.9 Å². The Morgan fingerprint density at radius 3 is 2.50 bits per heavy atom. The number of ether oxygens (including phenoxy) is 2. The zero-order chi connectivity index (χ0) is 18.6. The molecule has 0 bridgehead atoms. The number of halogens is 3. The molecule has 26 heavy (non-hydrogen) atoms. The molecule has 0 saturated carbocycles. The van der Waals surface area contributed by atoms with Crippen LogP contribution in [-0.4, -0.2) is 21.8 Å². The van der Waals surface area contributed by atoms with Crippen LogP contribution in [0.1, 0.15) is 11.3 Å². The molecule has 0 radical (unpaired) electrons. The lowest BCUT2D eigenvalue weighted by atomic mass is 10.1. The lowest BCUT2D eigenvalue weighted by Gasteiger charge is -2.13. The Labute approximate surface area is 145 Å². The predicted octanol–water partition coefficient (Wildman–Crippen LogP) is 3.82. The normalized spacial score (nSPS) is 11.0. The van der Waals surface area contributed by atoms with E-state index >= 15 is 0 Å². The Kier molecular flexibility index (Phi) is 4.75. The van der Waals surface area contributed by atoms with Crippen LogP contribution in [0.15, 0.2) is 48.5 Å². The number of hydrogen-bond acceptors (Lipinski definition) is 5. The van der Waals surface area contributed by atoms with Gasteiger partial charge in [-0.1, -0.05) is 35.5 Å². The molecule has 6 nitrogen and oxygen atoms in total. The molecule has 0 amide bonds. The number of alkyl halides is 3. The molecule has 0 fully saturated rings. The molecule has 3 aromatic rings. The van der Waals surface area contributed by atoms with Crippen LogP contribution in [0.4, 0.5) is 13.2 Å². The zero-order valence-electron chi connectivity index (χ0n) is 13.1. The van der Waals surface area contributed by atoms with Crippen molar-refractivity contribution in [3.05, 3.63) is 59.8 Å². The molecular formula is C17H11F3N4O2. The first kappa shape index (κ1) is 17.3. The third-order valence-corrected chi connectivity index (χ3v) is 3.30. The highest BCUT2D eigenvalue weighted by Crippen LogP contribution is 2.33. The second-order valence-electron chi connectivity index (χ2n) is 5.16. The van der Waals surface area contributed by atoms with Gasteiger partial charge in [0.15, 0.2) is 5.69 Å². The summed E-state index contributed by atoms with van der Waals surface area (Å²) < 4.78 is 47.3. The van der Waals surface area contributed by atoms with E-state index in [1.165, 1.54) is 6.07 Å². The van der Waals surface area contributed by atoms with Crippen LogP contribution in [0, 0.1) is 11.3 Å². The lowest BCUT2D eigenvalue weighted by Crippen LogP contribution is -2.17. The Hall–Kier alpha value is -3.54. The van der Waals surface area contributed by atoms with Crippen molar-refractivity contribution >= 4 is 0 Å². The highest BCUT2D eigenvalue weighted by atomic mass is 19.4. The lowest BCUT2D eigenvalue weighted by molar-refractivity contribution is -0.274. The van der Waals surface area contributed by atoms with Crippen LogP contribution in [-0.2, 0) is 6.61 Å². The van der Waals surface area contributed by atoms with E-state index in [4.69, 9.17) is 10.00 Å². The van der Waals surface area contributed by atoms with Gasteiger partial charge in [0, 0.05) is 11.6 Å². The van der Waals surface area contributed by atoms with Gasteiger partial charge >= 0.3 is 6.36 Å². The molecule has 9 heteroatoms. The molecule has 1 heterocycles. The second kappa shape index (κ2) is 7.14. The molecule has 0 spiro atoms. The number of nitrogens with zero attached hydrogens (tertiary/aromatic N) is 3. The summed E-state index contributed by atoms with van der Waals surface area (Å²) in [7, 11) is 0. The van der Waals surface area contributed by atoms with E-state index in [9.17, 15) is 13.2 Å². The fourth-order valence-electron chi connectivity index (χ4n) is 2.23. The number of rotatable bonds is 5. The molecule has 1 N–H and O–H groups in total. The van der Waals surface area contributed by atoms with Crippen LogP contribution in [0.25, 0.3) is 11.3 Å². The zero-order valence-corrected chi connectivity index (χ0v) is 13.1. The number of nitrogens with one attached hydrogen (secondary N) is 1.